The number of anilines is 1. The van der Waals surface area contributed by atoms with Crippen molar-refractivity contribution in [2.75, 3.05) is 45.2 Å². The topological polar surface area (TPSA) is 158 Å². The van der Waals surface area contributed by atoms with Crippen LogP contribution in [0.4, 0.5) is 24.7 Å². The number of halogens is 2. The molecule has 4 rings (SSSR count). The Labute approximate surface area is 257 Å². The second-order valence-electron chi connectivity index (χ2n) is 9.99. The number of urea groups is 1. The van der Waals surface area contributed by atoms with Gasteiger partial charge in [-0.1, -0.05) is 59.2 Å². The summed E-state index contributed by atoms with van der Waals surface area (Å²) in [5, 5.41) is 18.1. The molecule has 234 valence electrons. The van der Waals surface area contributed by atoms with E-state index in [4.69, 9.17) is 26.0 Å². The van der Waals surface area contributed by atoms with E-state index < -0.39 is 30.1 Å². The van der Waals surface area contributed by atoms with Gasteiger partial charge in [0.1, 0.15) is 18.1 Å². The fourth-order valence-electron chi connectivity index (χ4n) is 4.52. The molecule has 3 aromatic rings. The summed E-state index contributed by atoms with van der Waals surface area (Å²) in [5.41, 5.74) is 1.67. The molecule has 1 aromatic heterocycles. The predicted octanol–water partition coefficient (Wildman–Crippen LogP) is 4.50. The summed E-state index contributed by atoms with van der Waals surface area (Å²) in [6.45, 7) is 0.577. The first-order chi connectivity index (χ1) is 21.1. The molecule has 15 heteroatoms. The third-order valence-corrected chi connectivity index (χ3v) is 7.56. The lowest BCUT2D eigenvalue weighted by molar-refractivity contribution is -0.133. The summed E-state index contributed by atoms with van der Waals surface area (Å²) in [6.07, 6.45) is -1.75. The molecule has 1 aliphatic rings. The van der Waals surface area contributed by atoms with Crippen LogP contribution in [0.1, 0.15) is 18.4 Å². The number of carboxylic acid groups (broad SMARTS) is 1. The van der Waals surface area contributed by atoms with Crippen molar-refractivity contribution in [3.05, 3.63) is 71.0 Å². The molecule has 13 nitrogen and oxygen atoms in total. The van der Waals surface area contributed by atoms with E-state index in [1.54, 1.807) is 11.0 Å². The number of nitrogens with one attached hydrogen (secondary N) is 2. The van der Waals surface area contributed by atoms with Crippen LogP contribution in [-0.2, 0) is 16.1 Å². The summed E-state index contributed by atoms with van der Waals surface area (Å²) in [4.78, 5) is 53.8. The standard InChI is InChI=1S/C29H32ClFN6O7/c1-35(27(39)32-17-20-8-5-9-22(31)26(20)30)21(10-11-25(38)36-12-14-37(15-13-36)29(41)42)18-43-28(40)33-24-16-23(34-44-24)19-6-3-2-4-7-19/h2-9,16,21H,10-15,17-18H2,1H3,(H,32,39)(H,33,40)(H,41,42)/t21-/m0/s1. The number of aromatic nitrogens is 1. The second kappa shape index (κ2) is 15.0. The maximum absolute atomic E-state index is 13.8. The van der Waals surface area contributed by atoms with E-state index in [0.29, 0.717) is 11.3 Å². The fraction of sp³-hybridized carbons (Fsp3) is 0.345. The quantitative estimate of drug-likeness (QED) is 0.296. The number of likely N-dealkylation sites (N-methyl/N-ethyl adjacent to an activating group) is 1. The molecule has 2 aromatic carbocycles. The number of carbonyl (C=O) groups is 4. The smallest absolute Gasteiger partial charge is 0.414 e. The van der Waals surface area contributed by atoms with E-state index >= 15 is 0 Å². The molecule has 1 atom stereocenters. The summed E-state index contributed by atoms with van der Waals surface area (Å²) >= 11 is 6.00. The van der Waals surface area contributed by atoms with Crippen LogP contribution < -0.4 is 10.6 Å². The van der Waals surface area contributed by atoms with Crippen LogP contribution in [0.15, 0.2) is 59.1 Å². The predicted molar refractivity (Wildman–Crippen MR) is 158 cm³/mol. The third-order valence-electron chi connectivity index (χ3n) is 7.14. The Morgan fingerprint density at radius 3 is 2.50 bits per heavy atom. The molecule has 0 radical (unpaired) electrons. The minimum Gasteiger partial charge on any atom is -0.465 e. The van der Waals surface area contributed by atoms with Crippen LogP contribution in [0.25, 0.3) is 11.3 Å². The SMILES string of the molecule is CN(C(=O)NCc1cccc(F)c1Cl)[C@@H](CCC(=O)N1CCN(C(=O)O)CC1)COC(=O)Nc1cc(-c2ccccc2)no1. The zero-order valence-corrected chi connectivity index (χ0v) is 24.6. The number of carbonyl (C=O) groups excluding carboxylic acids is 3. The molecule has 1 fully saturated rings. The van der Waals surface area contributed by atoms with Crippen LogP contribution in [0, 0.1) is 5.82 Å². The Bertz CT molecular complexity index is 1470. The van der Waals surface area contributed by atoms with E-state index in [9.17, 15) is 23.6 Å². The van der Waals surface area contributed by atoms with Gasteiger partial charge in [0.05, 0.1) is 11.1 Å². The highest BCUT2D eigenvalue weighted by atomic mass is 35.5. The average Bonchev–Trinajstić information content (AvgIpc) is 3.50. The van der Waals surface area contributed by atoms with Crippen LogP contribution in [0.3, 0.4) is 0 Å². The largest absolute Gasteiger partial charge is 0.465 e. The molecule has 5 amide bonds. The van der Waals surface area contributed by atoms with Crippen LogP contribution >= 0.6 is 11.6 Å². The van der Waals surface area contributed by atoms with Crippen molar-refractivity contribution in [1.82, 2.24) is 25.2 Å². The molecule has 3 N–H and O–H groups in total. The number of benzene rings is 2. The Morgan fingerprint density at radius 2 is 1.80 bits per heavy atom. The average molecular weight is 631 g/mol. The summed E-state index contributed by atoms with van der Waals surface area (Å²) in [5.74, 6) is -0.784. The Kier molecular flexibility index (Phi) is 11.0. The maximum atomic E-state index is 13.8. The Hall–Kier alpha value is -4.85. The summed E-state index contributed by atoms with van der Waals surface area (Å²) < 4.78 is 24.4. The molecule has 1 saturated heterocycles. The number of rotatable bonds is 10. The van der Waals surface area contributed by atoms with Gasteiger partial charge in [0.2, 0.25) is 11.8 Å². The van der Waals surface area contributed by atoms with E-state index in [1.807, 2.05) is 30.3 Å². The summed E-state index contributed by atoms with van der Waals surface area (Å²) in [6, 6.07) is 13.7. The molecule has 1 aliphatic heterocycles. The maximum Gasteiger partial charge on any atom is 0.414 e. The first kappa shape index (κ1) is 32.1. The van der Waals surface area contributed by atoms with Gasteiger partial charge in [-0.2, -0.15) is 0 Å². The van der Waals surface area contributed by atoms with Gasteiger partial charge in [0, 0.05) is 57.8 Å². The zero-order chi connectivity index (χ0) is 31.6. The molecule has 0 saturated carbocycles. The molecule has 2 heterocycles. The monoisotopic (exact) mass is 630 g/mol. The Balaban J connectivity index is 1.36. The molecule has 0 unspecified atom stereocenters. The van der Waals surface area contributed by atoms with Crippen LogP contribution in [0.2, 0.25) is 5.02 Å². The van der Waals surface area contributed by atoms with Crippen molar-refractivity contribution in [1.29, 1.82) is 0 Å². The van der Waals surface area contributed by atoms with Gasteiger partial charge < -0.3 is 34.4 Å². The third kappa shape index (κ3) is 8.60. The minimum atomic E-state index is -1.04. The summed E-state index contributed by atoms with van der Waals surface area (Å²) in [7, 11) is 1.48. The van der Waals surface area contributed by atoms with Gasteiger partial charge in [-0.15, -0.1) is 0 Å². The van der Waals surface area contributed by atoms with E-state index in [1.165, 1.54) is 35.0 Å². The first-order valence-corrected chi connectivity index (χ1v) is 14.1. The van der Waals surface area contributed by atoms with Gasteiger partial charge in [-0.25, -0.2) is 18.8 Å². The zero-order valence-electron chi connectivity index (χ0n) is 23.9. The number of hydrogen-bond donors (Lipinski definition) is 3. The van der Waals surface area contributed by atoms with Gasteiger partial charge >= 0.3 is 18.2 Å². The highest BCUT2D eigenvalue weighted by molar-refractivity contribution is 6.31. The van der Waals surface area contributed by atoms with Crippen molar-refractivity contribution in [3.8, 4) is 11.3 Å². The lowest BCUT2D eigenvalue weighted by Gasteiger charge is -2.34. The molecular formula is C29H32ClFN6O7. The van der Waals surface area contributed by atoms with Crippen molar-refractivity contribution < 1.29 is 37.9 Å². The fourth-order valence-corrected chi connectivity index (χ4v) is 4.71. The lowest BCUT2D eigenvalue weighted by Crippen LogP contribution is -2.50. The van der Waals surface area contributed by atoms with Crippen molar-refractivity contribution in [3.63, 3.8) is 0 Å². The normalized spacial score (nSPS) is 13.6. The van der Waals surface area contributed by atoms with Gasteiger partial charge in [0.25, 0.3) is 0 Å². The highest BCUT2D eigenvalue weighted by Gasteiger charge is 2.27. The van der Waals surface area contributed by atoms with Gasteiger partial charge in [-0.05, 0) is 18.1 Å². The van der Waals surface area contributed by atoms with Crippen molar-refractivity contribution >= 4 is 41.6 Å². The molecule has 44 heavy (non-hydrogen) atoms. The molecule has 0 bridgehead atoms. The number of piperazine rings is 1. The van der Waals surface area contributed by atoms with Crippen LogP contribution in [-0.4, -0.2) is 95.0 Å². The van der Waals surface area contributed by atoms with Crippen LogP contribution in [0.5, 0.6) is 0 Å². The number of hydrogen-bond acceptors (Lipinski definition) is 7. The molecule has 0 spiro atoms. The number of nitrogens with zero attached hydrogens (tertiary/aromatic N) is 4. The number of amides is 5. The van der Waals surface area contributed by atoms with Gasteiger partial charge in [-0.3, -0.25) is 10.1 Å². The second-order valence-corrected chi connectivity index (χ2v) is 10.4. The highest BCUT2D eigenvalue weighted by Crippen LogP contribution is 2.22. The first-order valence-electron chi connectivity index (χ1n) is 13.8. The van der Waals surface area contributed by atoms with Crippen molar-refractivity contribution in [2.45, 2.75) is 25.4 Å². The lowest BCUT2D eigenvalue weighted by atomic mass is 10.1. The van der Waals surface area contributed by atoms with E-state index in [2.05, 4.69) is 15.8 Å². The minimum absolute atomic E-state index is 0.0125. The van der Waals surface area contributed by atoms with E-state index in [0.717, 1.165) is 5.56 Å². The molecular weight excluding hydrogens is 599 g/mol. The number of ether oxygens (including phenoxy) is 1. The van der Waals surface area contributed by atoms with Gasteiger partial charge in [0.15, 0.2) is 0 Å². The van der Waals surface area contributed by atoms with E-state index in [-0.39, 0.29) is 69.0 Å². The van der Waals surface area contributed by atoms with Crippen molar-refractivity contribution in [2.24, 2.45) is 0 Å². The Morgan fingerprint density at radius 1 is 1.09 bits per heavy atom. The molecule has 0 aliphatic carbocycles.